The largest absolute Gasteiger partial charge is 0.393 e. The van der Waals surface area contributed by atoms with Gasteiger partial charge in [0, 0.05) is 5.41 Å². The zero-order valence-electron chi connectivity index (χ0n) is 21.7. The lowest BCUT2D eigenvalue weighted by Gasteiger charge is -2.72. The maximum absolute atomic E-state index is 12.6. The lowest BCUT2D eigenvalue weighted by molar-refractivity contribution is -0.245. The maximum Gasteiger partial charge on any atom is 0.126 e. The van der Waals surface area contributed by atoms with Gasteiger partial charge in [0.15, 0.2) is 0 Å². The minimum absolute atomic E-state index is 0.0157. The van der Waals surface area contributed by atoms with Gasteiger partial charge in [0.1, 0.15) is 6.29 Å². The van der Waals surface area contributed by atoms with E-state index < -0.39 is 0 Å². The normalized spacial score (nSPS) is 56.3. The quantitative estimate of drug-likeness (QED) is 0.364. The van der Waals surface area contributed by atoms with Crippen molar-refractivity contribution in [1.29, 1.82) is 0 Å². The van der Waals surface area contributed by atoms with Gasteiger partial charge < -0.3 is 9.90 Å². The summed E-state index contributed by atoms with van der Waals surface area (Å²) in [7, 11) is 0. The van der Waals surface area contributed by atoms with Gasteiger partial charge in [0.25, 0.3) is 0 Å². The summed E-state index contributed by atoms with van der Waals surface area (Å²) in [6, 6.07) is 0. The molecule has 0 radical (unpaired) electrons. The molecule has 2 heteroatoms. The van der Waals surface area contributed by atoms with E-state index in [4.69, 9.17) is 0 Å². The third-order valence-electron chi connectivity index (χ3n) is 13.3. The molecule has 0 bridgehead atoms. The van der Waals surface area contributed by atoms with Gasteiger partial charge >= 0.3 is 0 Å². The molecule has 0 heterocycles. The number of carbonyl (C=O) groups is 1. The number of allylic oxidation sites excluding steroid dienone is 1. The van der Waals surface area contributed by atoms with Gasteiger partial charge in [-0.2, -0.15) is 0 Å². The van der Waals surface area contributed by atoms with Crippen molar-refractivity contribution in [2.45, 2.75) is 112 Å². The van der Waals surface area contributed by atoms with Crippen LogP contribution in [0.25, 0.3) is 0 Å². The van der Waals surface area contributed by atoms with Crippen molar-refractivity contribution in [1.82, 2.24) is 0 Å². The number of aldehydes is 1. The second-order valence-electron chi connectivity index (χ2n) is 14.4. The van der Waals surface area contributed by atoms with E-state index in [0.717, 1.165) is 31.6 Å². The fourth-order valence-electron chi connectivity index (χ4n) is 11.4. The average Bonchev–Trinajstić information content (AvgIpc) is 3.12. The number of aliphatic hydroxyl groups excluding tert-OH is 1. The molecule has 180 valence electrons. The molecule has 0 aromatic heterocycles. The molecule has 7 unspecified atom stereocenters. The number of aliphatic hydroxyl groups is 1. The molecule has 2 nitrogen and oxygen atoms in total. The number of rotatable bonds is 2. The number of hydrogen-bond acceptors (Lipinski definition) is 2. The molecular formula is C30H48O2. The summed E-state index contributed by atoms with van der Waals surface area (Å²) in [6.07, 6.45) is 13.1. The highest BCUT2D eigenvalue weighted by Crippen LogP contribution is 2.77. The molecular weight excluding hydrogens is 392 g/mol. The van der Waals surface area contributed by atoms with Gasteiger partial charge in [-0.05, 0) is 122 Å². The molecule has 0 spiro atoms. The molecule has 0 aromatic carbocycles. The molecule has 32 heavy (non-hydrogen) atoms. The van der Waals surface area contributed by atoms with E-state index in [-0.39, 0.29) is 16.9 Å². The molecule has 0 aromatic rings. The topological polar surface area (TPSA) is 37.3 Å². The first-order valence-corrected chi connectivity index (χ1v) is 13.7. The molecule has 5 aliphatic carbocycles. The highest BCUT2D eigenvalue weighted by atomic mass is 16.3. The summed E-state index contributed by atoms with van der Waals surface area (Å²) < 4.78 is 0. The van der Waals surface area contributed by atoms with Crippen LogP contribution < -0.4 is 0 Å². The molecule has 0 amide bonds. The average molecular weight is 441 g/mol. The molecule has 5 rings (SSSR count). The second kappa shape index (κ2) is 6.96. The lowest BCUT2D eigenvalue weighted by Crippen LogP contribution is -2.66. The van der Waals surface area contributed by atoms with Crippen LogP contribution in [-0.2, 0) is 4.79 Å². The third-order valence-corrected chi connectivity index (χ3v) is 13.3. The summed E-state index contributed by atoms with van der Waals surface area (Å²) in [5.74, 6) is 3.03. The van der Waals surface area contributed by atoms with Crippen LogP contribution in [0.4, 0.5) is 0 Å². The summed E-state index contributed by atoms with van der Waals surface area (Å²) >= 11 is 0. The van der Waals surface area contributed by atoms with E-state index in [1.165, 1.54) is 50.4 Å². The van der Waals surface area contributed by atoms with Gasteiger partial charge in [-0.1, -0.05) is 46.8 Å². The van der Waals surface area contributed by atoms with Crippen LogP contribution in [0.2, 0.25) is 0 Å². The number of fused-ring (bicyclic) bond motifs is 7. The van der Waals surface area contributed by atoms with Gasteiger partial charge in [-0.3, -0.25) is 0 Å². The standard InChI is InChI=1S/C30H48O2/c1-19(2)20-10-15-30(18-31)17-16-28(6)21(25(20)30)8-9-23-27(5)13-12-24(32)26(3,4)22(27)11-14-29(23,28)7/h18,20-25,32H,1,8-17H2,2-7H3/t20?,21?,22?,23?,24?,25?,27-,28+,29+,30?/m0/s1. The number of hydrogen-bond donors (Lipinski definition) is 1. The van der Waals surface area contributed by atoms with Crippen LogP contribution in [0.3, 0.4) is 0 Å². The Hall–Kier alpha value is -0.630. The van der Waals surface area contributed by atoms with E-state index in [2.05, 4.69) is 48.1 Å². The first-order chi connectivity index (χ1) is 14.9. The maximum atomic E-state index is 12.6. The van der Waals surface area contributed by atoms with E-state index in [1.807, 2.05) is 0 Å². The van der Waals surface area contributed by atoms with E-state index in [0.29, 0.717) is 39.9 Å². The summed E-state index contributed by atoms with van der Waals surface area (Å²) in [5, 5.41) is 10.9. The summed E-state index contributed by atoms with van der Waals surface area (Å²) in [5.41, 5.74) is 2.20. The predicted octanol–water partition coefficient (Wildman–Crippen LogP) is 7.20. The Kier molecular flexibility index (Phi) is 5.03. The Labute approximate surface area is 197 Å². The van der Waals surface area contributed by atoms with Crippen LogP contribution in [-0.4, -0.2) is 17.5 Å². The Morgan fingerprint density at radius 3 is 2.22 bits per heavy atom. The second-order valence-corrected chi connectivity index (χ2v) is 14.4. The van der Waals surface area contributed by atoms with Crippen LogP contribution in [0.1, 0.15) is 106 Å². The van der Waals surface area contributed by atoms with E-state index in [1.54, 1.807) is 0 Å². The SMILES string of the molecule is C=C(C)C1CCC2(C=O)CC[C@]3(C)C(CCC4[C@@]5(C)CCC(O)C(C)(C)C5CC[C@]43C)C12. The lowest BCUT2D eigenvalue weighted by atomic mass is 9.32. The molecule has 10 atom stereocenters. The van der Waals surface area contributed by atoms with Crippen molar-refractivity contribution in [3.63, 3.8) is 0 Å². The fraction of sp³-hybridized carbons (Fsp3) is 0.900. The van der Waals surface area contributed by atoms with Gasteiger partial charge in [-0.25, -0.2) is 0 Å². The fourth-order valence-corrected chi connectivity index (χ4v) is 11.4. The Morgan fingerprint density at radius 1 is 0.844 bits per heavy atom. The van der Waals surface area contributed by atoms with E-state index in [9.17, 15) is 9.90 Å². The van der Waals surface area contributed by atoms with Crippen molar-refractivity contribution < 1.29 is 9.90 Å². The summed E-state index contributed by atoms with van der Waals surface area (Å²) in [6.45, 7) is 19.2. The highest BCUT2D eigenvalue weighted by molar-refractivity contribution is 5.62. The Balaban J connectivity index is 1.56. The third kappa shape index (κ3) is 2.60. The summed E-state index contributed by atoms with van der Waals surface area (Å²) in [4.78, 5) is 12.6. The van der Waals surface area contributed by atoms with Crippen molar-refractivity contribution in [3.8, 4) is 0 Å². The Bertz CT molecular complexity index is 814. The zero-order chi connectivity index (χ0) is 23.3. The van der Waals surface area contributed by atoms with Crippen molar-refractivity contribution in [2.75, 3.05) is 0 Å². The van der Waals surface area contributed by atoms with Crippen LogP contribution in [0.15, 0.2) is 12.2 Å². The van der Waals surface area contributed by atoms with Gasteiger partial charge in [-0.15, -0.1) is 0 Å². The minimum Gasteiger partial charge on any atom is -0.393 e. The van der Waals surface area contributed by atoms with Gasteiger partial charge in [0.2, 0.25) is 0 Å². The van der Waals surface area contributed by atoms with Crippen molar-refractivity contribution in [2.24, 2.45) is 56.7 Å². The molecule has 1 N–H and O–H groups in total. The molecule has 5 saturated carbocycles. The smallest absolute Gasteiger partial charge is 0.126 e. The Morgan fingerprint density at radius 2 is 1.56 bits per heavy atom. The molecule has 0 aliphatic heterocycles. The zero-order valence-corrected chi connectivity index (χ0v) is 21.7. The van der Waals surface area contributed by atoms with E-state index >= 15 is 0 Å². The van der Waals surface area contributed by atoms with Crippen molar-refractivity contribution >= 4 is 6.29 Å². The minimum atomic E-state index is -0.158. The first kappa shape index (κ1) is 23.1. The molecule has 5 aliphatic rings. The predicted molar refractivity (Wildman–Crippen MR) is 131 cm³/mol. The molecule has 0 saturated heterocycles. The highest BCUT2D eigenvalue weighted by Gasteiger charge is 2.70. The van der Waals surface area contributed by atoms with Crippen LogP contribution in [0.5, 0.6) is 0 Å². The van der Waals surface area contributed by atoms with Gasteiger partial charge in [0.05, 0.1) is 6.10 Å². The first-order valence-electron chi connectivity index (χ1n) is 13.7. The number of carbonyl (C=O) groups excluding carboxylic acids is 1. The van der Waals surface area contributed by atoms with Crippen molar-refractivity contribution in [3.05, 3.63) is 12.2 Å². The van der Waals surface area contributed by atoms with Crippen LogP contribution >= 0.6 is 0 Å². The monoisotopic (exact) mass is 440 g/mol. The molecule has 5 fully saturated rings. The van der Waals surface area contributed by atoms with Crippen LogP contribution in [0, 0.1) is 56.7 Å².